The van der Waals surface area contributed by atoms with Crippen molar-refractivity contribution in [3.05, 3.63) is 166 Å². The van der Waals surface area contributed by atoms with Gasteiger partial charge in [-0.25, -0.2) is 9.79 Å². The predicted molar refractivity (Wildman–Crippen MR) is 185 cm³/mol. The molecule has 4 aromatic carbocycles. The smallest absolute Gasteiger partial charge is 0.338 e. The Kier molecular flexibility index (Phi) is 9.45. The number of carbonyl (C=O) groups excluding carboxylic acids is 1. The van der Waals surface area contributed by atoms with Crippen LogP contribution >= 0.6 is 11.3 Å². The molecule has 1 aliphatic heterocycles. The fourth-order valence-corrected chi connectivity index (χ4v) is 6.55. The molecular weight excluding hydrogens is 627 g/mol. The summed E-state index contributed by atoms with van der Waals surface area (Å²) in [6.07, 6.45) is 1.79. The third-order valence-electron chi connectivity index (χ3n) is 8.00. The van der Waals surface area contributed by atoms with E-state index in [1.807, 2.05) is 78.9 Å². The fourth-order valence-electron chi connectivity index (χ4n) is 5.55. The van der Waals surface area contributed by atoms with E-state index < -0.39 is 16.9 Å². The lowest BCUT2D eigenvalue weighted by Gasteiger charge is -2.26. The number of fused-ring (bicyclic) bond motifs is 1. The van der Waals surface area contributed by atoms with Crippen LogP contribution in [-0.4, -0.2) is 22.1 Å². The first-order valence-corrected chi connectivity index (χ1v) is 16.4. The molecule has 0 radical (unpaired) electrons. The first kappa shape index (κ1) is 32.3. The van der Waals surface area contributed by atoms with Gasteiger partial charge in [-0.1, -0.05) is 91.9 Å². The summed E-state index contributed by atoms with van der Waals surface area (Å²) in [5.41, 5.74) is 4.72. The number of nitro benzene ring substituents is 1. The third-order valence-corrected chi connectivity index (χ3v) is 8.98. The van der Waals surface area contributed by atoms with Gasteiger partial charge in [-0.3, -0.25) is 19.5 Å². The Labute approximate surface area is 280 Å². The Balaban J connectivity index is 1.44. The number of non-ortho nitro benzene ring substituents is 1. The van der Waals surface area contributed by atoms with Crippen LogP contribution in [0.2, 0.25) is 0 Å². The van der Waals surface area contributed by atoms with Crippen LogP contribution < -0.4 is 19.6 Å². The first-order chi connectivity index (χ1) is 23.2. The van der Waals surface area contributed by atoms with E-state index in [0.29, 0.717) is 32.3 Å². The zero-order valence-corrected chi connectivity index (χ0v) is 27.5. The number of thiazole rings is 1. The minimum atomic E-state index is -0.754. The average molecular weight is 660 g/mol. The van der Waals surface area contributed by atoms with Crippen LogP contribution in [0.1, 0.15) is 60.5 Å². The molecule has 2 heterocycles. The highest BCUT2D eigenvalue weighted by molar-refractivity contribution is 7.07. The number of nitro groups is 1. The van der Waals surface area contributed by atoms with Crippen molar-refractivity contribution in [3.8, 4) is 5.75 Å². The molecule has 48 heavy (non-hydrogen) atoms. The average Bonchev–Trinajstić information content (AvgIpc) is 3.41. The monoisotopic (exact) mass is 659 g/mol. The summed E-state index contributed by atoms with van der Waals surface area (Å²) in [5, 5.41) is 11.0. The number of aromatic nitrogens is 1. The Morgan fingerprint density at radius 2 is 1.73 bits per heavy atom. The summed E-state index contributed by atoms with van der Waals surface area (Å²) in [6, 6.07) is 30.2. The summed E-state index contributed by atoms with van der Waals surface area (Å²) in [7, 11) is 0. The number of carbonyl (C=O) groups is 1. The second-order valence-corrected chi connectivity index (χ2v) is 12.5. The van der Waals surface area contributed by atoms with Gasteiger partial charge in [-0.05, 0) is 65.4 Å². The number of nitrogens with zero attached hydrogens (tertiary/aromatic N) is 3. The standard InChI is InChI=1S/C38H33N3O6S/c1-4-46-37(43)33-34(28-10-6-5-7-11-28)39-38-40(35(33)29-17-15-27(16-18-29)24(2)3)36(42)32(48-38)22-26-9-8-12-31(21-26)47-23-25-13-19-30(20-14-25)41(44)45/h5-22,24,35H,4,23H2,1-3H3/b32-22-/t35-/m1/s1. The van der Waals surface area contributed by atoms with Crippen LogP contribution in [-0.2, 0) is 16.1 Å². The largest absolute Gasteiger partial charge is 0.489 e. The van der Waals surface area contributed by atoms with E-state index in [0.717, 1.165) is 27.8 Å². The zero-order valence-electron chi connectivity index (χ0n) is 26.7. The topological polar surface area (TPSA) is 113 Å². The zero-order chi connectivity index (χ0) is 33.8. The lowest BCUT2D eigenvalue weighted by atomic mass is 9.91. The lowest BCUT2D eigenvalue weighted by Crippen LogP contribution is -2.40. The summed E-state index contributed by atoms with van der Waals surface area (Å²) >= 11 is 1.25. The van der Waals surface area contributed by atoms with Gasteiger partial charge < -0.3 is 9.47 Å². The molecular formula is C38H33N3O6S. The van der Waals surface area contributed by atoms with Gasteiger partial charge in [0, 0.05) is 17.7 Å². The molecule has 0 amide bonds. The van der Waals surface area contributed by atoms with Gasteiger partial charge in [-0.15, -0.1) is 0 Å². The van der Waals surface area contributed by atoms with Crippen molar-refractivity contribution in [1.29, 1.82) is 0 Å². The Hall–Kier alpha value is -5.61. The molecule has 242 valence electrons. The quantitative estimate of drug-likeness (QED) is 0.0956. The Morgan fingerprint density at radius 3 is 2.40 bits per heavy atom. The van der Waals surface area contributed by atoms with Crippen molar-refractivity contribution < 1.29 is 19.2 Å². The van der Waals surface area contributed by atoms with E-state index in [4.69, 9.17) is 14.5 Å². The molecule has 0 unspecified atom stereocenters. The minimum absolute atomic E-state index is 0.0160. The van der Waals surface area contributed by atoms with Crippen molar-refractivity contribution in [3.63, 3.8) is 0 Å². The summed E-state index contributed by atoms with van der Waals surface area (Å²) in [5.74, 6) is 0.369. The number of benzene rings is 4. The molecule has 6 rings (SSSR count). The predicted octanol–water partition coefficient (Wildman–Crippen LogP) is 6.55. The van der Waals surface area contributed by atoms with Gasteiger partial charge in [0.2, 0.25) is 0 Å². The molecule has 0 fully saturated rings. The van der Waals surface area contributed by atoms with Crippen molar-refractivity contribution in [2.45, 2.75) is 39.3 Å². The summed E-state index contributed by atoms with van der Waals surface area (Å²) < 4.78 is 13.6. The van der Waals surface area contributed by atoms with Crippen LogP contribution in [0, 0.1) is 10.1 Å². The maximum Gasteiger partial charge on any atom is 0.338 e. The minimum Gasteiger partial charge on any atom is -0.489 e. The lowest BCUT2D eigenvalue weighted by molar-refractivity contribution is -0.384. The molecule has 9 nitrogen and oxygen atoms in total. The molecule has 0 saturated carbocycles. The maximum atomic E-state index is 14.2. The molecule has 0 bridgehead atoms. The highest BCUT2D eigenvalue weighted by Crippen LogP contribution is 2.35. The van der Waals surface area contributed by atoms with E-state index in [2.05, 4.69) is 13.8 Å². The van der Waals surface area contributed by atoms with Gasteiger partial charge in [-0.2, -0.15) is 0 Å². The summed E-state index contributed by atoms with van der Waals surface area (Å²) in [4.78, 5) is 43.9. The van der Waals surface area contributed by atoms with Crippen LogP contribution in [0.5, 0.6) is 5.75 Å². The van der Waals surface area contributed by atoms with Crippen molar-refractivity contribution in [2.24, 2.45) is 4.99 Å². The van der Waals surface area contributed by atoms with Gasteiger partial charge in [0.1, 0.15) is 12.4 Å². The van der Waals surface area contributed by atoms with Crippen LogP contribution in [0.3, 0.4) is 0 Å². The van der Waals surface area contributed by atoms with Crippen molar-refractivity contribution in [2.75, 3.05) is 6.61 Å². The van der Waals surface area contributed by atoms with Crippen molar-refractivity contribution in [1.82, 2.24) is 4.57 Å². The van der Waals surface area contributed by atoms with Gasteiger partial charge in [0.15, 0.2) is 4.80 Å². The number of ether oxygens (including phenoxy) is 2. The Bertz CT molecular complexity index is 2180. The van der Waals surface area contributed by atoms with E-state index >= 15 is 0 Å². The van der Waals surface area contributed by atoms with Gasteiger partial charge in [0.25, 0.3) is 11.2 Å². The molecule has 10 heteroatoms. The van der Waals surface area contributed by atoms with Gasteiger partial charge >= 0.3 is 5.97 Å². The first-order valence-electron chi connectivity index (χ1n) is 15.6. The molecule has 1 aliphatic rings. The van der Waals surface area contributed by atoms with Gasteiger partial charge in [0.05, 0.1) is 33.4 Å². The molecule has 0 spiro atoms. The number of hydrogen-bond acceptors (Lipinski definition) is 8. The molecule has 0 aliphatic carbocycles. The molecule has 0 N–H and O–H groups in total. The van der Waals surface area contributed by atoms with E-state index in [9.17, 15) is 19.7 Å². The number of rotatable bonds is 10. The number of esters is 1. The summed E-state index contributed by atoms with van der Waals surface area (Å²) in [6.45, 7) is 6.39. The fraction of sp³-hybridized carbons (Fsp3) is 0.184. The SMILES string of the molecule is CCOC(=O)C1=C(c2ccccc2)N=c2s/c(=C\c3cccc(OCc4ccc([N+](=O)[O-])cc4)c3)c(=O)n2[C@@H]1c1ccc(C(C)C)cc1. The van der Waals surface area contributed by atoms with Crippen LogP contribution in [0.25, 0.3) is 11.8 Å². The molecule has 1 aromatic heterocycles. The Morgan fingerprint density at radius 1 is 1.00 bits per heavy atom. The molecule has 5 aromatic rings. The van der Waals surface area contributed by atoms with Crippen LogP contribution in [0.4, 0.5) is 5.69 Å². The second kappa shape index (κ2) is 14.0. The highest BCUT2D eigenvalue weighted by Gasteiger charge is 2.35. The normalized spacial score (nSPS) is 14.4. The number of hydrogen-bond donors (Lipinski definition) is 0. The molecule has 0 saturated heterocycles. The van der Waals surface area contributed by atoms with Crippen molar-refractivity contribution >= 4 is 34.8 Å². The van der Waals surface area contributed by atoms with Crippen LogP contribution in [0.15, 0.2) is 118 Å². The van der Waals surface area contributed by atoms with E-state index in [1.54, 1.807) is 29.7 Å². The van der Waals surface area contributed by atoms with E-state index in [-0.39, 0.29) is 24.5 Å². The highest BCUT2D eigenvalue weighted by atomic mass is 32.1. The second-order valence-electron chi connectivity index (χ2n) is 11.5. The third kappa shape index (κ3) is 6.74. The molecule has 1 atom stereocenters. The maximum absolute atomic E-state index is 14.2. The van der Waals surface area contributed by atoms with E-state index in [1.165, 1.54) is 23.5 Å².